The number of benzene rings is 1. The third kappa shape index (κ3) is 4.55. The van der Waals surface area contributed by atoms with E-state index in [0.29, 0.717) is 32.8 Å². The van der Waals surface area contributed by atoms with Crippen molar-refractivity contribution in [1.29, 1.82) is 0 Å². The van der Waals surface area contributed by atoms with Gasteiger partial charge in [0.05, 0.1) is 23.6 Å². The number of rotatable bonds is 5. The molecule has 1 aliphatic carbocycles. The normalized spacial score (nSPS) is 20.3. The summed E-state index contributed by atoms with van der Waals surface area (Å²) in [6.45, 7) is 1.93. The molecule has 1 aromatic rings. The molecule has 0 aromatic heterocycles. The van der Waals surface area contributed by atoms with E-state index in [1.54, 1.807) is 24.3 Å². The zero-order valence-electron chi connectivity index (χ0n) is 14.6. The molecule has 2 aliphatic rings. The predicted molar refractivity (Wildman–Crippen MR) is 101 cm³/mol. The van der Waals surface area contributed by atoms with Gasteiger partial charge in [-0.15, -0.1) is 12.4 Å². The summed E-state index contributed by atoms with van der Waals surface area (Å²) in [6, 6.07) is 6.62. The number of hydrogen-bond donors (Lipinski definition) is 2. The van der Waals surface area contributed by atoms with Crippen molar-refractivity contribution >= 4 is 28.3 Å². The third-order valence-corrected chi connectivity index (χ3v) is 6.85. The summed E-state index contributed by atoms with van der Waals surface area (Å²) < 4.78 is 31.8. The Hall–Kier alpha value is -1.19. The van der Waals surface area contributed by atoms with Gasteiger partial charge in [0.2, 0.25) is 15.9 Å². The minimum atomic E-state index is -3.49. The van der Waals surface area contributed by atoms with Crippen molar-refractivity contribution in [2.75, 3.05) is 26.3 Å². The molecule has 3 rings (SSSR count). The summed E-state index contributed by atoms with van der Waals surface area (Å²) in [5.74, 6) is -0.130. The number of hydrogen-bond acceptors (Lipinski definition) is 5. The number of nitrogens with two attached hydrogens (primary N) is 1. The fraction of sp³-hybridized carbons (Fsp3) is 0.588. The Labute approximate surface area is 160 Å². The Kier molecular flexibility index (Phi) is 7.04. The second kappa shape index (κ2) is 8.67. The highest BCUT2D eigenvalue weighted by molar-refractivity contribution is 7.89. The zero-order chi connectivity index (χ0) is 17.9. The first kappa shape index (κ1) is 21.1. The van der Waals surface area contributed by atoms with E-state index in [1.165, 1.54) is 4.31 Å². The van der Waals surface area contributed by atoms with Crippen molar-refractivity contribution in [3.8, 4) is 0 Å². The molecule has 146 valence electrons. The molecule has 3 N–H and O–H groups in total. The average Bonchev–Trinajstić information content (AvgIpc) is 3.09. The Morgan fingerprint density at radius 1 is 1.15 bits per heavy atom. The number of carbonyl (C=O) groups excluding carboxylic acids is 1. The summed E-state index contributed by atoms with van der Waals surface area (Å²) >= 11 is 0. The van der Waals surface area contributed by atoms with Crippen LogP contribution < -0.4 is 11.1 Å². The van der Waals surface area contributed by atoms with Crippen LogP contribution in [0.15, 0.2) is 29.2 Å². The van der Waals surface area contributed by atoms with Gasteiger partial charge in [0.15, 0.2) is 0 Å². The van der Waals surface area contributed by atoms with E-state index in [9.17, 15) is 13.2 Å². The van der Waals surface area contributed by atoms with E-state index < -0.39 is 15.6 Å². The lowest BCUT2D eigenvalue weighted by molar-refractivity contribution is -0.126. The smallest absolute Gasteiger partial charge is 0.243 e. The van der Waals surface area contributed by atoms with Crippen LogP contribution in [0, 0.1) is 0 Å². The van der Waals surface area contributed by atoms with Gasteiger partial charge in [0.1, 0.15) is 0 Å². The molecule has 1 aliphatic heterocycles. The summed E-state index contributed by atoms with van der Waals surface area (Å²) in [6.07, 6.45) is 3.40. The number of sulfonamides is 1. The van der Waals surface area contributed by atoms with Gasteiger partial charge in [-0.25, -0.2) is 8.42 Å². The maximum absolute atomic E-state index is 12.6. The minimum absolute atomic E-state index is 0. The highest BCUT2D eigenvalue weighted by atomic mass is 35.5. The van der Waals surface area contributed by atoms with E-state index in [2.05, 4.69) is 5.32 Å². The first-order chi connectivity index (χ1) is 11.9. The number of halogens is 1. The molecule has 0 radical (unpaired) electrons. The fourth-order valence-corrected chi connectivity index (χ4v) is 4.71. The highest BCUT2D eigenvalue weighted by Crippen LogP contribution is 2.27. The van der Waals surface area contributed by atoms with Crippen molar-refractivity contribution in [2.45, 2.75) is 42.7 Å². The van der Waals surface area contributed by atoms with Gasteiger partial charge < -0.3 is 15.8 Å². The third-order valence-electron chi connectivity index (χ3n) is 4.93. The first-order valence-electron chi connectivity index (χ1n) is 8.66. The molecule has 1 heterocycles. The van der Waals surface area contributed by atoms with Crippen LogP contribution in [0.2, 0.25) is 0 Å². The van der Waals surface area contributed by atoms with Crippen LogP contribution in [-0.4, -0.2) is 50.5 Å². The molecule has 1 amide bonds. The van der Waals surface area contributed by atoms with E-state index in [1.807, 2.05) is 0 Å². The molecule has 7 nitrogen and oxygen atoms in total. The largest absolute Gasteiger partial charge is 0.379 e. The molecule has 0 spiro atoms. The molecule has 9 heteroatoms. The number of morpholine rings is 1. The lowest BCUT2D eigenvalue weighted by atomic mass is 9.98. The first-order valence-corrected chi connectivity index (χ1v) is 10.1. The molecule has 1 saturated carbocycles. The molecule has 0 atom stereocenters. The number of nitrogens with one attached hydrogen (secondary N) is 1. The predicted octanol–water partition coefficient (Wildman–Crippen LogP) is 1.02. The van der Waals surface area contributed by atoms with Crippen LogP contribution in [-0.2, 0) is 26.1 Å². The lowest BCUT2D eigenvalue weighted by Crippen LogP contribution is -2.51. The van der Waals surface area contributed by atoms with Crippen LogP contribution in [0.5, 0.6) is 0 Å². The monoisotopic (exact) mass is 403 g/mol. The van der Waals surface area contributed by atoms with Gasteiger partial charge in [-0.1, -0.05) is 25.0 Å². The maximum atomic E-state index is 12.6. The molecular formula is C17H26ClN3O4S. The second-order valence-electron chi connectivity index (χ2n) is 6.71. The van der Waals surface area contributed by atoms with Crippen LogP contribution >= 0.6 is 12.4 Å². The van der Waals surface area contributed by atoms with E-state index in [-0.39, 0.29) is 23.2 Å². The van der Waals surface area contributed by atoms with Crippen molar-refractivity contribution < 1.29 is 17.9 Å². The summed E-state index contributed by atoms with van der Waals surface area (Å²) in [4.78, 5) is 12.5. The van der Waals surface area contributed by atoms with Crippen LogP contribution in [0.3, 0.4) is 0 Å². The molecule has 1 saturated heterocycles. The van der Waals surface area contributed by atoms with E-state index in [0.717, 1.165) is 31.2 Å². The minimum Gasteiger partial charge on any atom is -0.379 e. The fourth-order valence-electron chi connectivity index (χ4n) is 3.31. The van der Waals surface area contributed by atoms with Gasteiger partial charge in [-0.05, 0) is 30.5 Å². The quantitative estimate of drug-likeness (QED) is 0.764. The summed E-state index contributed by atoms with van der Waals surface area (Å²) in [7, 11) is -3.49. The molecule has 1 aromatic carbocycles. The summed E-state index contributed by atoms with van der Waals surface area (Å²) in [5.41, 5.74) is 6.22. The Morgan fingerprint density at radius 2 is 1.73 bits per heavy atom. The van der Waals surface area contributed by atoms with E-state index >= 15 is 0 Å². The Bertz CT molecular complexity index is 712. The topological polar surface area (TPSA) is 102 Å². The van der Waals surface area contributed by atoms with Gasteiger partial charge in [-0.2, -0.15) is 4.31 Å². The highest BCUT2D eigenvalue weighted by Gasteiger charge is 2.36. The van der Waals surface area contributed by atoms with Crippen molar-refractivity contribution in [3.05, 3.63) is 29.8 Å². The molecule has 2 fully saturated rings. The molecule has 0 bridgehead atoms. The number of ether oxygens (including phenoxy) is 1. The molecule has 0 unspecified atom stereocenters. The Balaban J connectivity index is 0.00000243. The lowest BCUT2D eigenvalue weighted by Gasteiger charge is -2.26. The zero-order valence-corrected chi connectivity index (χ0v) is 16.3. The van der Waals surface area contributed by atoms with Gasteiger partial charge in [-0.3, -0.25) is 4.79 Å². The van der Waals surface area contributed by atoms with Gasteiger partial charge in [0.25, 0.3) is 0 Å². The van der Waals surface area contributed by atoms with Gasteiger partial charge >= 0.3 is 0 Å². The molecule has 26 heavy (non-hydrogen) atoms. The Morgan fingerprint density at radius 3 is 2.31 bits per heavy atom. The van der Waals surface area contributed by atoms with Gasteiger partial charge in [0, 0.05) is 19.6 Å². The van der Waals surface area contributed by atoms with Crippen LogP contribution in [0.1, 0.15) is 31.2 Å². The SMILES string of the molecule is Cl.NC1(C(=O)NCc2ccc(S(=O)(=O)N3CCOCC3)cc2)CCCC1. The van der Waals surface area contributed by atoms with Crippen LogP contribution in [0.25, 0.3) is 0 Å². The van der Waals surface area contributed by atoms with Crippen molar-refractivity contribution in [2.24, 2.45) is 5.73 Å². The van der Waals surface area contributed by atoms with Crippen molar-refractivity contribution in [1.82, 2.24) is 9.62 Å². The van der Waals surface area contributed by atoms with Crippen LogP contribution in [0.4, 0.5) is 0 Å². The average molecular weight is 404 g/mol. The standard InChI is InChI=1S/C17H25N3O4S.ClH/c18-17(7-1-2-8-17)16(21)19-13-14-3-5-15(6-4-14)25(22,23)20-9-11-24-12-10-20;/h3-6H,1-2,7-13,18H2,(H,19,21);1H. The summed E-state index contributed by atoms with van der Waals surface area (Å²) in [5, 5.41) is 2.86. The van der Waals surface area contributed by atoms with E-state index in [4.69, 9.17) is 10.5 Å². The number of nitrogens with zero attached hydrogens (tertiary/aromatic N) is 1. The second-order valence-corrected chi connectivity index (χ2v) is 8.64. The maximum Gasteiger partial charge on any atom is 0.243 e. The number of amides is 1. The molecular weight excluding hydrogens is 378 g/mol. The number of carbonyl (C=O) groups is 1. The van der Waals surface area contributed by atoms with Crippen molar-refractivity contribution in [3.63, 3.8) is 0 Å².